The highest BCUT2D eigenvalue weighted by atomic mass is 79.9. The number of ether oxygens (including phenoxy) is 1. The topological polar surface area (TPSA) is 29.5 Å². The molecule has 1 atom stereocenters. The molecular weight excluding hydrogens is 392 g/mol. The van der Waals surface area contributed by atoms with Gasteiger partial charge in [-0.3, -0.25) is 0 Å². The van der Waals surface area contributed by atoms with Gasteiger partial charge in [-0.1, -0.05) is 12.1 Å². The number of hydrogen-bond donors (Lipinski definition) is 1. The van der Waals surface area contributed by atoms with E-state index in [-0.39, 0.29) is 6.10 Å². The molecule has 0 fully saturated rings. The molecule has 2 aromatic rings. The van der Waals surface area contributed by atoms with Crippen LogP contribution in [0.1, 0.15) is 30.4 Å². The lowest BCUT2D eigenvalue weighted by molar-refractivity contribution is 0.223. The number of aliphatic hydroxyl groups is 1. The molecular formula is C14H14Br2O2S. The molecule has 0 aliphatic carbocycles. The smallest absolute Gasteiger partial charge is 0.119 e. The Kier molecular flexibility index (Phi) is 5.06. The fraction of sp³-hybridized carbons (Fsp3) is 0.286. The van der Waals surface area contributed by atoms with E-state index in [2.05, 4.69) is 31.9 Å². The summed E-state index contributed by atoms with van der Waals surface area (Å²) >= 11 is 8.38. The first-order chi connectivity index (χ1) is 8.97. The predicted molar refractivity (Wildman–Crippen MR) is 86.0 cm³/mol. The summed E-state index contributed by atoms with van der Waals surface area (Å²) in [6.07, 6.45) is -0.458. The maximum Gasteiger partial charge on any atom is 0.119 e. The molecule has 2 rings (SSSR count). The third-order valence-corrected chi connectivity index (χ3v) is 5.81. The van der Waals surface area contributed by atoms with Crippen molar-refractivity contribution in [2.75, 3.05) is 0 Å². The molecule has 0 radical (unpaired) electrons. The average Bonchev–Trinajstić information content (AvgIpc) is 2.69. The number of hydrogen-bond acceptors (Lipinski definition) is 3. The number of rotatable bonds is 4. The van der Waals surface area contributed by atoms with Gasteiger partial charge in [0.2, 0.25) is 0 Å². The van der Waals surface area contributed by atoms with E-state index < -0.39 is 6.10 Å². The van der Waals surface area contributed by atoms with Crippen LogP contribution in [0.5, 0.6) is 5.75 Å². The Balaban J connectivity index is 2.17. The molecule has 1 aromatic carbocycles. The Bertz CT molecular complexity index is 530. The van der Waals surface area contributed by atoms with Crippen LogP contribution in [0.3, 0.4) is 0 Å². The van der Waals surface area contributed by atoms with Gasteiger partial charge in [0.05, 0.1) is 9.89 Å². The minimum atomic E-state index is -0.610. The van der Waals surface area contributed by atoms with Crippen molar-refractivity contribution in [2.45, 2.75) is 26.1 Å². The number of thiophene rings is 1. The lowest BCUT2D eigenvalue weighted by atomic mass is 10.1. The standard InChI is InChI=1S/C14H14Br2O2S/c1-8(2)18-10-5-3-9(4-6-10)13(17)12-7-11(15)14(16)19-12/h3-8,13,17H,1-2H3. The first kappa shape index (κ1) is 15.0. The highest BCUT2D eigenvalue weighted by Crippen LogP contribution is 2.37. The zero-order chi connectivity index (χ0) is 14.0. The Morgan fingerprint density at radius 1 is 1.16 bits per heavy atom. The third-order valence-electron chi connectivity index (χ3n) is 2.50. The number of aliphatic hydroxyl groups excluding tert-OH is 1. The van der Waals surface area contributed by atoms with Crippen molar-refractivity contribution in [3.8, 4) is 5.75 Å². The van der Waals surface area contributed by atoms with Crippen LogP contribution in [0.2, 0.25) is 0 Å². The van der Waals surface area contributed by atoms with Gasteiger partial charge in [-0.05, 0) is 69.5 Å². The highest BCUT2D eigenvalue weighted by molar-refractivity contribution is 9.13. The summed E-state index contributed by atoms with van der Waals surface area (Å²) in [6.45, 7) is 3.98. The lowest BCUT2D eigenvalue weighted by Gasteiger charge is -2.12. The SMILES string of the molecule is CC(C)Oc1ccc(C(O)c2cc(Br)c(Br)s2)cc1. The molecule has 0 saturated carbocycles. The summed E-state index contributed by atoms with van der Waals surface area (Å²) in [5.41, 5.74) is 0.859. The second-order valence-electron chi connectivity index (χ2n) is 4.41. The first-order valence-corrected chi connectivity index (χ1v) is 8.27. The molecule has 5 heteroatoms. The second-order valence-corrected chi connectivity index (χ2v) is 7.66. The van der Waals surface area contributed by atoms with Gasteiger partial charge in [-0.25, -0.2) is 0 Å². The summed E-state index contributed by atoms with van der Waals surface area (Å²) in [5, 5.41) is 10.3. The van der Waals surface area contributed by atoms with Gasteiger partial charge >= 0.3 is 0 Å². The zero-order valence-corrected chi connectivity index (χ0v) is 14.5. The molecule has 1 N–H and O–H groups in total. The van der Waals surface area contributed by atoms with Crippen molar-refractivity contribution in [2.24, 2.45) is 0 Å². The van der Waals surface area contributed by atoms with E-state index in [1.54, 1.807) is 0 Å². The van der Waals surface area contributed by atoms with E-state index in [0.717, 1.165) is 24.4 Å². The van der Waals surface area contributed by atoms with Crippen LogP contribution in [-0.4, -0.2) is 11.2 Å². The normalized spacial score (nSPS) is 12.7. The van der Waals surface area contributed by atoms with E-state index in [1.807, 2.05) is 44.2 Å². The molecule has 1 aromatic heterocycles. The maximum atomic E-state index is 10.3. The summed E-state index contributed by atoms with van der Waals surface area (Å²) < 4.78 is 7.54. The molecule has 0 aliphatic heterocycles. The van der Waals surface area contributed by atoms with Crippen LogP contribution in [0, 0.1) is 0 Å². The van der Waals surface area contributed by atoms with Crippen LogP contribution in [-0.2, 0) is 0 Å². The van der Waals surface area contributed by atoms with Gasteiger partial charge in [0.1, 0.15) is 11.9 Å². The Morgan fingerprint density at radius 3 is 2.26 bits per heavy atom. The van der Waals surface area contributed by atoms with E-state index in [9.17, 15) is 5.11 Å². The molecule has 1 unspecified atom stereocenters. The van der Waals surface area contributed by atoms with Crippen molar-refractivity contribution in [3.05, 3.63) is 49.0 Å². The first-order valence-electron chi connectivity index (χ1n) is 5.87. The molecule has 19 heavy (non-hydrogen) atoms. The Morgan fingerprint density at radius 2 is 1.79 bits per heavy atom. The quantitative estimate of drug-likeness (QED) is 0.762. The molecule has 102 valence electrons. The lowest BCUT2D eigenvalue weighted by Crippen LogP contribution is -2.05. The zero-order valence-electron chi connectivity index (χ0n) is 10.6. The van der Waals surface area contributed by atoms with E-state index in [4.69, 9.17) is 4.74 Å². The molecule has 0 bridgehead atoms. The van der Waals surface area contributed by atoms with Crippen LogP contribution in [0.4, 0.5) is 0 Å². The molecule has 1 heterocycles. The Hall–Kier alpha value is -0.360. The van der Waals surface area contributed by atoms with Gasteiger partial charge in [0.25, 0.3) is 0 Å². The molecule has 0 spiro atoms. The fourth-order valence-electron chi connectivity index (χ4n) is 1.66. The summed E-state index contributed by atoms with van der Waals surface area (Å²) in [7, 11) is 0. The van der Waals surface area contributed by atoms with E-state index in [1.165, 1.54) is 11.3 Å². The highest BCUT2D eigenvalue weighted by Gasteiger charge is 2.15. The molecule has 0 aliphatic rings. The van der Waals surface area contributed by atoms with Crippen LogP contribution >= 0.6 is 43.2 Å². The maximum absolute atomic E-state index is 10.3. The molecule has 2 nitrogen and oxygen atoms in total. The fourth-order valence-corrected chi connectivity index (χ4v) is 3.77. The summed E-state index contributed by atoms with van der Waals surface area (Å²) in [5.74, 6) is 0.819. The summed E-state index contributed by atoms with van der Waals surface area (Å²) in [6, 6.07) is 9.48. The monoisotopic (exact) mass is 404 g/mol. The molecule has 0 amide bonds. The minimum Gasteiger partial charge on any atom is -0.491 e. The number of halogens is 2. The second kappa shape index (κ2) is 6.39. The Labute approximate surface area is 133 Å². The van der Waals surface area contributed by atoms with Gasteiger partial charge < -0.3 is 9.84 Å². The van der Waals surface area contributed by atoms with Crippen molar-refractivity contribution >= 4 is 43.2 Å². The summed E-state index contributed by atoms with van der Waals surface area (Å²) in [4.78, 5) is 0.899. The number of benzene rings is 1. The van der Waals surface area contributed by atoms with Crippen molar-refractivity contribution < 1.29 is 9.84 Å². The van der Waals surface area contributed by atoms with Crippen LogP contribution < -0.4 is 4.74 Å². The van der Waals surface area contributed by atoms with Gasteiger partial charge in [-0.2, -0.15) is 0 Å². The largest absolute Gasteiger partial charge is 0.491 e. The van der Waals surface area contributed by atoms with Gasteiger partial charge in [0.15, 0.2) is 0 Å². The van der Waals surface area contributed by atoms with Crippen LogP contribution in [0.15, 0.2) is 38.6 Å². The van der Waals surface area contributed by atoms with Crippen LogP contribution in [0.25, 0.3) is 0 Å². The van der Waals surface area contributed by atoms with Crippen molar-refractivity contribution in [1.29, 1.82) is 0 Å². The third kappa shape index (κ3) is 3.81. The minimum absolute atomic E-state index is 0.153. The van der Waals surface area contributed by atoms with E-state index in [0.29, 0.717) is 0 Å². The predicted octanol–water partition coefficient (Wildman–Crippen LogP) is 5.14. The van der Waals surface area contributed by atoms with Crippen molar-refractivity contribution in [3.63, 3.8) is 0 Å². The van der Waals surface area contributed by atoms with E-state index >= 15 is 0 Å². The molecule has 0 saturated heterocycles. The average molecular weight is 406 g/mol. The van der Waals surface area contributed by atoms with Gasteiger partial charge in [-0.15, -0.1) is 11.3 Å². The van der Waals surface area contributed by atoms with Gasteiger partial charge in [0, 0.05) is 9.35 Å². The van der Waals surface area contributed by atoms with Crippen molar-refractivity contribution in [1.82, 2.24) is 0 Å².